The van der Waals surface area contributed by atoms with Gasteiger partial charge < -0.3 is 4.57 Å². The fourth-order valence-electron chi connectivity index (χ4n) is 11.3. The Bertz CT molecular complexity index is 4160. The summed E-state index contributed by atoms with van der Waals surface area (Å²) in [6, 6.07) is 73.3. The molecule has 3 heteroatoms. The van der Waals surface area contributed by atoms with Crippen molar-refractivity contribution in [1.29, 1.82) is 0 Å². The molecule has 14 rings (SSSR count). The first-order valence-electron chi connectivity index (χ1n) is 23.3. The number of rotatable bonds is 5. The van der Waals surface area contributed by atoms with Crippen molar-refractivity contribution in [2.24, 2.45) is 0 Å². The van der Waals surface area contributed by atoms with Crippen molar-refractivity contribution in [1.82, 2.24) is 14.5 Å². The molecule has 0 atom stereocenters. The van der Waals surface area contributed by atoms with E-state index in [9.17, 15) is 0 Å². The van der Waals surface area contributed by atoms with E-state index in [0.717, 1.165) is 51.9 Å². The average Bonchev–Trinajstić information content (AvgIpc) is 3.73. The molecular formula is C64H41N3. The van der Waals surface area contributed by atoms with Crippen LogP contribution in [0.4, 0.5) is 0 Å². The zero-order valence-corrected chi connectivity index (χ0v) is 36.6. The Balaban J connectivity index is 0.930. The van der Waals surface area contributed by atoms with Crippen LogP contribution in [0.1, 0.15) is 17.5 Å². The lowest BCUT2D eigenvalue weighted by Crippen LogP contribution is -1.98. The second-order valence-electron chi connectivity index (χ2n) is 18.0. The molecule has 67 heavy (non-hydrogen) atoms. The number of benzene rings is 10. The van der Waals surface area contributed by atoms with Gasteiger partial charge in [-0.3, -0.25) is 9.97 Å². The maximum Gasteiger partial charge on any atom is 0.0894 e. The average molecular weight is 852 g/mol. The number of para-hydroxylation sites is 1. The van der Waals surface area contributed by atoms with Gasteiger partial charge in [0.2, 0.25) is 0 Å². The number of hydrogen-bond acceptors (Lipinski definition) is 2. The number of nitrogens with zero attached hydrogens (tertiary/aromatic N) is 3. The highest BCUT2D eigenvalue weighted by molar-refractivity contribution is 6.23. The van der Waals surface area contributed by atoms with Crippen LogP contribution < -0.4 is 0 Å². The van der Waals surface area contributed by atoms with E-state index in [4.69, 9.17) is 9.97 Å². The fraction of sp³-hybridized carbons (Fsp3) is 0.0312. The smallest absolute Gasteiger partial charge is 0.0894 e. The predicted octanol–water partition coefficient (Wildman–Crippen LogP) is 17.0. The molecule has 312 valence electrons. The zero-order valence-electron chi connectivity index (χ0n) is 36.6. The number of pyridine rings is 2. The molecule has 1 aliphatic rings. The van der Waals surface area contributed by atoms with Gasteiger partial charge in [0.1, 0.15) is 0 Å². The predicted molar refractivity (Wildman–Crippen MR) is 283 cm³/mol. The molecule has 1 aliphatic carbocycles. The number of hydrogen-bond donors (Lipinski definition) is 0. The molecule has 0 saturated carbocycles. The topological polar surface area (TPSA) is 30.7 Å². The standard InChI is InChI=1S/C64H41N3/c1-2-16-46(17-3-1)67-61-37-43(42-27-26-40-14-4-5-15-41(40)34-42)28-31-52(61)58-38-60(66-39-62(58)67)59-36-45(32-33-65-59)64-55-24-12-10-22-53(55)63(54-23-11-13-25-56(54)64)44-29-30-51-49-20-7-6-18-47(49)48-19-8-9-21-50(48)57(51)35-44/h1-7,9-18,20-39H,8,19H2. The highest BCUT2D eigenvalue weighted by Gasteiger charge is 2.21. The van der Waals surface area contributed by atoms with Gasteiger partial charge in [0.25, 0.3) is 0 Å². The summed E-state index contributed by atoms with van der Waals surface area (Å²) >= 11 is 0. The third-order valence-electron chi connectivity index (χ3n) is 14.3. The van der Waals surface area contributed by atoms with Crippen LogP contribution in [0.25, 0.3) is 132 Å². The molecule has 0 N–H and O–H groups in total. The largest absolute Gasteiger partial charge is 0.308 e. The van der Waals surface area contributed by atoms with Gasteiger partial charge in [-0.25, -0.2) is 0 Å². The van der Waals surface area contributed by atoms with E-state index < -0.39 is 0 Å². The van der Waals surface area contributed by atoms with Crippen molar-refractivity contribution >= 4 is 81.7 Å². The summed E-state index contributed by atoms with van der Waals surface area (Å²) in [4.78, 5) is 10.2. The van der Waals surface area contributed by atoms with Gasteiger partial charge in [-0.2, -0.15) is 0 Å². The van der Waals surface area contributed by atoms with Crippen LogP contribution in [0, 0.1) is 0 Å². The summed E-state index contributed by atoms with van der Waals surface area (Å²) in [7, 11) is 0. The minimum Gasteiger partial charge on any atom is -0.308 e. The first-order chi connectivity index (χ1) is 33.2. The maximum atomic E-state index is 5.17. The Kier molecular flexibility index (Phi) is 8.41. The lowest BCUT2D eigenvalue weighted by Gasteiger charge is -2.20. The van der Waals surface area contributed by atoms with Crippen LogP contribution in [0.15, 0.2) is 219 Å². The lowest BCUT2D eigenvalue weighted by atomic mass is 9.83. The number of fused-ring (bicyclic) bond motifs is 12. The molecule has 3 heterocycles. The minimum absolute atomic E-state index is 0.838. The van der Waals surface area contributed by atoms with Gasteiger partial charge in [-0.05, 0) is 160 Å². The SMILES string of the molecule is C1=Cc2c(c3ccccc3c3ccc(-c4c5ccccc5c(-c5ccnc(-c6cc7c8ccc(-c9ccc%10ccccc%10c9)cc8n(-c8ccccc8)c7cn6)c5)c5ccccc45)cc23)CC1. The monoisotopic (exact) mass is 851 g/mol. The van der Waals surface area contributed by atoms with Crippen LogP contribution in [-0.4, -0.2) is 14.5 Å². The van der Waals surface area contributed by atoms with E-state index in [1.165, 1.54) is 98.2 Å². The molecular weight excluding hydrogens is 811 g/mol. The van der Waals surface area contributed by atoms with Gasteiger partial charge in [0.15, 0.2) is 0 Å². The summed E-state index contributed by atoms with van der Waals surface area (Å²) in [5.74, 6) is 0. The number of aryl methyl sites for hydroxylation is 1. The highest BCUT2D eigenvalue weighted by atomic mass is 15.0. The molecule has 10 aromatic carbocycles. The number of aromatic nitrogens is 3. The first-order valence-corrected chi connectivity index (χ1v) is 23.3. The normalized spacial score (nSPS) is 12.6. The zero-order chi connectivity index (χ0) is 44.0. The molecule has 0 aliphatic heterocycles. The molecule has 0 bridgehead atoms. The molecule has 13 aromatic rings. The summed E-state index contributed by atoms with van der Waals surface area (Å²) in [6.07, 6.45) is 10.8. The first kappa shape index (κ1) is 37.7. The summed E-state index contributed by atoms with van der Waals surface area (Å²) in [5.41, 5.74) is 15.0. The second-order valence-corrected chi connectivity index (χ2v) is 18.0. The summed E-state index contributed by atoms with van der Waals surface area (Å²) < 4.78 is 2.35. The van der Waals surface area contributed by atoms with Gasteiger partial charge in [0.05, 0.1) is 28.6 Å². The number of allylic oxidation sites excluding steroid dienone is 1. The fourth-order valence-corrected chi connectivity index (χ4v) is 11.3. The van der Waals surface area contributed by atoms with Gasteiger partial charge in [0, 0.05) is 22.7 Å². The van der Waals surface area contributed by atoms with Gasteiger partial charge in [-0.1, -0.05) is 164 Å². The van der Waals surface area contributed by atoms with Crippen molar-refractivity contribution in [3.63, 3.8) is 0 Å². The van der Waals surface area contributed by atoms with Crippen molar-refractivity contribution in [2.75, 3.05) is 0 Å². The van der Waals surface area contributed by atoms with Crippen molar-refractivity contribution in [2.45, 2.75) is 12.8 Å². The van der Waals surface area contributed by atoms with Crippen molar-refractivity contribution in [3.05, 3.63) is 230 Å². The third-order valence-corrected chi connectivity index (χ3v) is 14.3. The maximum absolute atomic E-state index is 5.17. The Morgan fingerprint density at radius 3 is 1.75 bits per heavy atom. The molecule has 0 saturated heterocycles. The molecule has 3 aromatic heterocycles. The van der Waals surface area contributed by atoms with Gasteiger partial charge in [-0.15, -0.1) is 0 Å². The highest BCUT2D eigenvalue weighted by Crippen LogP contribution is 2.46. The van der Waals surface area contributed by atoms with E-state index in [2.05, 4.69) is 217 Å². The molecule has 0 amide bonds. The summed E-state index contributed by atoms with van der Waals surface area (Å²) in [5, 5.41) is 15.0. The Morgan fingerprint density at radius 1 is 0.373 bits per heavy atom. The third kappa shape index (κ3) is 5.91. The van der Waals surface area contributed by atoms with E-state index in [0.29, 0.717) is 0 Å². The van der Waals surface area contributed by atoms with Crippen molar-refractivity contribution < 1.29 is 0 Å². The molecule has 3 nitrogen and oxygen atoms in total. The second kappa shape index (κ2) is 14.9. The molecule has 0 unspecified atom stereocenters. The van der Waals surface area contributed by atoms with E-state index in [-0.39, 0.29) is 0 Å². The minimum atomic E-state index is 0.838. The van der Waals surface area contributed by atoms with Crippen LogP contribution >= 0.6 is 0 Å². The molecule has 0 fully saturated rings. The van der Waals surface area contributed by atoms with E-state index in [1.54, 1.807) is 0 Å². The Labute approximate surface area is 387 Å². The quantitative estimate of drug-likeness (QED) is 0.128. The molecule has 0 spiro atoms. The van der Waals surface area contributed by atoms with Crippen LogP contribution in [0.2, 0.25) is 0 Å². The van der Waals surface area contributed by atoms with Crippen molar-refractivity contribution in [3.8, 4) is 50.5 Å². The van der Waals surface area contributed by atoms with Crippen LogP contribution in [0.3, 0.4) is 0 Å². The van der Waals surface area contributed by atoms with E-state index in [1.807, 2.05) is 12.4 Å². The van der Waals surface area contributed by atoms with Crippen LogP contribution in [0.5, 0.6) is 0 Å². The van der Waals surface area contributed by atoms with E-state index >= 15 is 0 Å². The Hall–Kier alpha value is -8.66. The lowest BCUT2D eigenvalue weighted by molar-refractivity contribution is 1.00. The van der Waals surface area contributed by atoms with Gasteiger partial charge >= 0.3 is 0 Å². The molecule has 0 radical (unpaired) electrons. The van der Waals surface area contributed by atoms with Crippen LogP contribution in [-0.2, 0) is 6.42 Å². The Morgan fingerprint density at radius 2 is 0.970 bits per heavy atom. The summed E-state index contributed by atoms with van der Waals surface area (Å²) in [6.45, 7) is 0.